The Morgan fingerprint density at radius 2 is 1.94 bits per heavy atom. The summed E-state index contributed by atoms with van der Waals surface area (Å²) >= 11 is 0. The summed E-state index contributed by atoms with van der Waals surface area (Å²) < 4.78 is 5.09. The van der Waals surface area contributed by atoms with Gasteiger partial charge in [-0.05, 0) is 37.6 Å². The lowest BCUT2D eigenvalue weighted by Gasteiger charge is -2.04. The lowest BCUT2D eigenvalue weighted by molar-refractivity contribution is -0.116. The number of Topliss-reactive ketones (excluding diaryl/α,β-unsaturated/α-hetero) is 1. The number of ketones is 1. The van der Waals surface area contributed by atoms with Crippen molar-refractivity contribution in [2.75, 3.05) is 20.2 Å². The quantitative estimate of drug-likeness (QED) is 0.714. The second-order valence-electron chi connectivity index (χ2n) is 3.80. The minimum Gasteiger partial charge on any atom is -0.497 e. The highest BCUT2D eigenvalue weighted by molar-refractivity contribution is 5.75. The summed E-state index contributed by atoms with van der Waals surface area (Å²) in [6.45, 7) is 3.29. The average Bonchev–Trinajstić information content (AvgIpc) is 2.29. The van der Waals surface area contributed by atoms with E-state index in [2.05, 4.69) is 17.4 Å². The van der Waals surface area contributed by atoms with E-state index in [4.69, 9.17) is 4.74 Å². The molecular formula is C13H19NO2. The molecule has 0 aliphatic heterocycles. The van der Waals surface area contributed by atoms with Gasteiger partial charge in [-0.3, -0.25) is 4.79 Å². The van der Waals surface area contributed by atoms with Crippen LogP contribution in [0.15, 0.2) is 24.3 Å². The van der Waals surface area contributed by atoms with Gasteiger partial charge in [-0.15, -0.1) is 0 Å². The van der Waals surface area contributed by atoms with E-state index < -0.39 is 0 Å². The molecule has 0 spiro atoms. The minimum atomic E-state index is 0.233. The number of hydrogen-bond donors (Lipinski definition) is 1. The standard InChI is InChI=1S/C13H19NO2/c1-11(15)7-9-14-10-8-12-3-5-13(16-2)6-4-12/h3-6,14H,7-10H2,1-2H3. The first kappa shape index (κ1) is 12.7. The van der Waals surface area contributed by atoms with E-state index in [0.29, 0.717) is 6.42 Å². The largest absolute Gasteiger partial charge is 0.497 e. The molecule has 0 fully saturated rings. The smallest absolute Gasteiger partial charge is 0.131 e. The summed E-state index contributed by atoms with van der Waals surface area (Å²) in [6, 6.07) is 8.05. The third-order valence-electron chi connectivity index (χ3n) is 2.40. The molecule has 0 atom stereocenters. The topological polar surface area (TPSA) is 38.3 Å². The van der Waals surface area contributed by atoms with E-state index in [9.17, 15) is 4.79 Å². The molecular weight excluding hydrogens is 202 g/mol. The van der Waals surface area contributed by atoms with Crippen molar-refractivity contribution in [1.82, 2.24) is 5.32 Å². The Hall–Kier alpha value is -1.35. The molecule has 0 heterocycles. The highest BCUT2D eigenvalue weighted by Crippen LogP contribution is 2.11. The molecule has 1 aromatic rings. The number of ether oxygens (including phenoxy) is 1. The predicted molar refractivity (Wildman–Crippen MR) is 64.9 cm³/mol. The molecule has 0 aromatic heterocycles. The van der Waals surface area contributed by atoms with Crippen LogP contribution in [0.1, 0.15) is 18.9 Å². The summed E-state index contributed by atoms with van der Waals surface area (Å²) in [5.74, 6) is 1.12. The van der Waals surface area contributed by atoms with E-state index in [1.807, 2.05) is 12.1 Å². The van der Waals surface area contributed by atoms with Gasteiger partial charge in [0.05, 0.1) is 7.11 Å². The monoisotopic (exact) mass is 221 g/mol. The van der Waals surface area contributed by atoms with Crippen LogP contribution in [0, 0.1) is 0 Å². The third kappa shape index (κ3) is 4.94. The molecule has 3 heteroatoms. The molecule has 1 rings (SSSR count). The van der Waals surface area contributed by atoms with Crippen LogP contribution >= 0.6 is 0 Å². The van der Waals surface area contributed by atoms with Gasteiger partial charge in [-0.1, -0.05) is 12.1 Å². The van der Waals surface area contributed by atoms with Crippen molar-refractivity contribution in [3.8, 4) is 5.75 Å². The first-order valence-electron chi connectivity index (χ1n) is 5.55. The van der Waals surface area contributed by atoms with Gasteiger partial charge in [-0.25, -0.2) is 0 Å². The Morgan fingerprint density at radius 3 is 2.50 bits per heavy atom. The van der Waals surface area contributed by atoms with E-state index in [1.54, 1.807) is 14.0 Å². The van der Waals surface area contributed by atoms with Gasteiger partial charge in [0, 0.05) is 13.0 Å². The molecule has 1 aromatic carbocycles. The Labute approximate surface area is 96.8 Å². The van der Waals surface area contributed by atoms with Crippen molar-refractivity contribution >= 4 is 5.78 Å². The van der Waals surface area contributed by atoms with Crippen molar-refractivity contribution in [2.24, 2.45) is 0 Å². The number of carbonyl (C=O) groups is 1. The average molecular weight is 221 g/mol. The minimum absolute atomic E-state index is 0.233. The van der Waals surface area contributed by atoms with E-state index in [-0.39, 0.29) is 5.78 Å². The summed E-state index contributed by atoms with van der Waals surface area (Å²) in [6.07, 6.45) is 1.59. The van der Waals surface area contributed by atoms with Gasteiger partial charge in [0.1, 0.15) is 11.5 Å². The maximum absolute atomic E-state index is 10.7. The van der Waals surface area contributed by atoms with Crippen molar-refractivity contribution in [3.63, 3.8) is 0 Å². The van der Waals surface area contributed by atoms with Crippen LogP contribution in [0.25, 0.3) is 0 Å². The molecule has 0 bridgehead atoms. The fourth-order valence-corrected chi connectivity index (χ4v) is 1.41. The maximum Gasteiger partial charge on any atom is 0.131 e. The predicted octanol–water partition coefficient (Wildman–Crippen LogP) is 1.81. The summed E-state index contributed by atoms with van der Waals surface area (Å²) in [4.78, 5) is 10.7. The molecule has 88 valence electrons. The molecule has 0 unspecified atom stereocenters. The van der Waals surface area contributed by atoms with Crippen LogP contribution in [-0.2, 0) is 11.2 Å². The fraction of sp³-hybridized carbons (Fsp3) is 0.462. The van der Waals surface area contributed by atoms with Crippen molar-refractivity contribution in [2.45, 2.75) is 19.8 Å². The van der Waals surface area contributed by atoms with Gasteiger partial charge < -0.3 is 10.1 Å². The first-order valence-corrected chi connectivity index (χ1v) is 5.55. The molecule has 0 saturated carbocycles. The highest BCUT2D eigenvalue weighted by atomic mass is 16.5. The van der Waals surface area contributed by atoms with Crippen molar-refractivity contribution in [1.29, 1.82) is 0 Å². The molecule has 0 aliphatic rings. The van der Waals surface area contributed by atoms with Crippen LogP contribution in [0.3, 0.4) is 0 Å². The number of rotatable bonds is 7. The normalized spacial score (nSPS) is 10.1. The van der Waals surface area contributed by atoms with Crippen molar-refractivity contribution < 1.29 is 9.53 Å². The van der Waals surface area contributed by atoms with Crippen LogP contribution in [0.2, 0.25) is 0 Å². The van der Waals surface area contributed by atoms with Gasteiger partial charge in [0.25, 0.3) is 0 Å². The number of nitrogens with one attached hydrogen (secondary N) is 1. The number of benzene rings is 1. The summed E-state index contributed by atoms with van der Waals surface area (Å²) in [5.41, 5.74) is 1.27. The fourth-order valence-electron chi connectivity index (χ4n) is 1.41. The number of hydrogen-bond acceptors (Lipinski definition) is 3. The Bertz CT molecular complexity index is 319. The maximum atomic E-state index is 10.7. The van der Waals surface area contributed by atoms with Gasteiger partial charge >= 0.3 is 0 Å². The summed E-state index contributed by atoms with van der Waals surface area (Å²) in [7, 11) is 1.67. The lowest BCUT2D eigenvalue weighted by atomic mass is 10.1. The SMILES string of the molecule is COc1ccc(CCNCCC(C)=O)cc1. The first-order chi connectivity index (χ1) is 7.72. The van der Waals surface area contributed by atoms with E-state index >= 15 is 0 Å². The zero-order valence-corrected chi connectivity index (χ0v) is 9.95. The summed E-state index contributed by atoms with van der Waals surface area (Å²) in [5, 5.41) is 3.24. The molecule has 1 N–H and O–H groups in total. The zero-order chi connectivity index (χ0) is 11.8. The molecule has 0 aliphatic carbocycles. The number of methoxy groups -OCH3 is 1. The zero-order valence-electron chi connectivity index (χ0n) is 9.95. The van der Waals surface area contributed by atoms with Crippen LogP contribution in [0.5, 0.6) is 5.75 Å². The second kappa shape index (κ2) is 7.01. The lowest BCUT2D eigenvalue weighted by Crippen LogP contribution is -2.20. The van der Waals surface area contributed by atoms with E-state index in [1.165, 1.54) is 5.56 Å². The number of carbonyl (C=O) groups excluding carboxylic acids is 1. The van der Waals surface area contributed by atoms with Crippen LogP contribution in [-0.4, -0.2) is 26.0 Å². The highest BCUT2D eigenvalue weighted by Gasteiger charge is 1.95. The molecule has 0 amide bonds. The Kier molecular flexibility index (Phi) is 5.57. The Balaban J connectivity index is 2.19. The molecule has 0 saturated heterocycles. The molecule has 3 nitrogen and oxygen atoms in total. The second-order valence-corrected chi connectivity index (χ2v) is 3.80. The van der Waals surface area contributed by atoms with Crippen molar-refractivity contribution in [3.05, 3.63) is 29.8 Å². The third-order valence-corrected chi connectivity index (χ3v) is 2.40. The van der Waals surface area contributed by atoms with E-state index in [0.717, 1.165) is 25.3 Å². The molecule has 16 heavy (non-hydrogen) atoms. The molecule has 0 radical (unpaired) electrons. The van der Waals surface area contributed by atoms with Gasteiger partial charge in [-0.2, -0.15) is 0 Å². The van der Waals surface area contributed by atoms with Gasteiger partial charge in [0.2, 0.25) is 0 Å². The Morgan fingerprint density at radius 1 is 1.25 bits per heavy atom. The van der Waals surface area contributed by atoms with Crippen LogP contribution in [0.4, 0.5) is 0 Å². The van der Waals surface area contributed by atoms with Gasteiger partial charge in [0.15, 0.2) is 0 Å². The van der Waals surface area contributed by atoms with Crippen LogP contribution < -0.4 is 10.1 Å².